The monoisotopic (exact) mass is 352 g/mol. The highest BCUT2D eigenvalue weighted by Crippen LogP contribution is 2.35. The summed E-state index contributed by atoms with van der Waals surface area (Å²) in [5.41, 5.74) is 0. The number of nitrogens with one attached hydrogen (secondary N) is 2. The number of rotatable bonds is 3. The smallest absolute Gasteiger partial charge is 0.239 e. The summed E-state index contributed by atoms with van der Waals surface area (Å²) in [7, 11) is 0. The normalized spacial score (nSPS) is 26.9. The fourth-order valence-corrected chi connectivity index (χ4v) is 4.63. The zero-order chi connectivity index (χ0) is 16.9. The molecule has 0 aromatic heterocycles. The molecule has 1 aliphatic carbocycles. The van der Waals surface area contributed by atoms with Gasteiger partial charge in [-0.1, -0.05) is 31.0 Å². The van der Waals surface area contributed by atoms with Gasteiger partial charge in [-0.25, -0.2) is 0 Å². The Kier molecular flexibility index (Phi) is 5.76. The third-order valence-corrected chi connectivity index (χ3v) is 5.95. The minimum absolute atomic E-state index is 0.0897. The number of fused-ring (bicyclic) bond motifs is 1. The molecular formula is C16H24N4O3S. The number of amides is 3. The number of amidine groups is 1. The van der Waals surface area contributed by atoms with Crippen molar-refractivity contribution < 1.29 is 14.4 Å². The predicted octanol–water partition coefficient (Wildman–Crippen LogP) is 0.645. The lowest BCUT2D eigenvalue weighted by Crippen LogP contribution is -2.50. The number of nitrogens with zero attached hydrogens (tertiary/aromatic N) is 2. The number of hydrogen-bond donors (Lipinski definition) is 2. The Bertz CT molecular complexity index is 551. The van der Waals surface area contributed by atoms with Crippen LogP contribution < -0.4 is 10.6 Å². The molecule has 0 spiro atoms. The van der Waals surface area contributed by atoms with Crippen molar-refractivity contribution in [2.45, 2.75) is 56.2 Å². The molecule has 3 aliphatic rings. The Balaban J connectivity index is 1.42. The molecule has 3 rings (SSSR count). The lowest BCUT2D eigenvalue weighted by molar-refractivity contribution is -0.139. The maximum absolute atomic E-state index is 12.1. The Labute approximate surface area is 146 Å². The van der Waals surface area contributed by atoms with Gasteiger partial charge in [-0.3, -0.25) is 19.4 Å². The van der Waals surface area contributed by atoms with Gasteiger partial charge in [0.15, 0.2) is 5.17 Å². The van der Waals surface area contributed by atoms with Gasteiger partial charge < -0.3 is 15.5 Å². The van der Waals surface area contributed by atoms with Gasteiger partial charge in [-0.2, -0.15) is 0 Å². The summed E-state index contributed by atoms with van der Waals surface area (Å²) in [6.45, 7) is 1.08. The lowest BCUT2D eigenvalue weighted by Gasteiger charge is -2.26. The van der Waals surface area contributed by atoms with E-state index in [1.807, 2.05) is 0 Å². The second kappa shape index (κ2) is 8.00. The first-order valence-corrected chi connectivity index (χ1v) is 9.58. The summed E-state index contributed by atoms with van der Waals surface area (Å²) >= 11 is 1.67. The van der Waals surface area contributed by atoms with Crippen molar-refractivity contribution in [2.75, 3.05) is 19.6 Å². The molecule has 2 atom stereocenters. The Hall–Kier alpha value is -1.57. The summed E-state index contributed by atoms with van der Waals surface area (Å²) in [4.78, 5) is 41.6. The molecule has 0 bridgehead atoms. The van der Waals surface area contributed by atoms with Gasteiger partial charge in [0.25, 0.3) is 0 Å². The standard InChI is InChI=1S/C16H24N4O3S/c21-13(6-7-15(23)20-9-8-17-14(22)10-20)19-16-18-11-4-2-1-3-5-12(11)24-16/h11-12H,1-10H2,(H,17,22)(H,18,19,21). The molecule has 1 saturated heterocycles. The molecule has 7 nitrogen and oxygen atoms in total. The molecule has 0 aromatic rings. The van der Waals surface area contributed by atoms with Crippen LogP contribution in [0.15, 0.2) is 4.99 Å². The Morgan fingerprint density at radius 3 is 2.92 bits per heavy atom. The molecule has 2 unspecified atom stereocenters. The van der Waals surface area contributed by atoms with Crippen LogP contribution >= 0.6 is 11.8 Å². The fraction of sp³-hybridized carbons (Fsp3) is 0.750. The first-order chi connectivity index (χ1) is 11.6. The summed E-state index contributed by atoms with van der Waals surface area (Å²) in [6, 6.07) is 0.335. The van der Waals surface area contributed by atoms with Crippen LogP contribution in [0.4, 0.5) is 0 Å². The van der Waals surface area contributed by atoms with Gasteiger partial charge in [0, 0.05) is 31.2 Å². The van der Waals surface area contributed by atoms with Gasteiger partial charge >= 0.3 is 0 Å². The fourth-order valence-electron chi connectivity index (χ4n) is 3.34. The molecule has 0 aromatic carbocycles. The SMILES string of the molecule is O=C1CN(C(=O)CCC(=O)NC2=NC3CCCCCC3S2)CCN1. The third-order valence-electron chi connectivity index (χ3n) is 4.67. The zero-order valence-corrected chi connectivity index (χ0v) is 14.6. The molecule has 132 valence electrons. The molecule has 2 aliphatic heterocycles. The van der Waals surface area contributed by atoms with Crippen LogP contribution in [0.25, 0.3) is 0 Å². The number of thioether (sulfide) groups is 1. The second-order valence-corrected chi connectivity index (χ2v) is 7.74. The van der Waals surface area contributed by atoms with Crippen molar-refractivity contribution in [3.05, 3.63) is 0 Å². The van der Waals surface area contributed by atoms with Crippen LogP contribution in [0.5, 0.6) is 0 Å². The van der Waals surface area contributed by atoms with Crippen LogP contribution in [0.2, 0.25) is 0 Å². The molecule has 0 radical (unpaired) electrons. The minimum atomic E-state index is -0.174. The third kappa shape index (κ3) is 4.49. The van der Waals surface area contributed by atoms with Gasteiger partial charge in [-0.05, 0) is 12.8 Å². The maximum atomic E-state index is 12.1. The Morgan fingerprint density at radius 2 is 2.08 bits per heavy atom. The topological polar surface area (TPSA) is 90.9 Å². The van der Waals surface area contributed by atoms with Gasteiger partial charge in [0.1, 0.15) is 0 Å². The van der Waals surface area contributed by atoms with E-state index in [-0.39, 0.29) is 37.1 Å². The van der Waals surface area contributed by atoms with E-state index in [1.165, 1.54) is 24.2 Å². The first-order valence-electron chi connectivity index (χ1n) is 8.70. The van der Waals surface area contributed by atoms with Crippen molar-refractivity contribution in [1.29, 1.82) is 0 Å². The average Bonchev–Trinajstić information content (AvgIpc) is 2.81. The summed E-state index contributed by atoms with van der Waals surface area (Å²) in [5, 5.41) is 6.73. The van der Waals surface area contributed by atoms with Crippen molar-refractivity contribution >= 4 is 34.7 Å². The lowest BCUT2D eigenvalue weighted by atomic mass is 10.1. The first kappa shape index (κ1) is 17.3. The van der Waals surface area contributed by atoms with E-state index in [0.29, 0.717) is 29.5 Å². The number of carbonyl (C=O) groups excluding carboxylic acids is 3. The highest BCUT2D eigenvalue weighted by Gasteiger charge is 2.31. The number of hydrogen-bond acceptors (Lipinski definition) is 5. The summed E-state index contributed by atoms with van der Waals surface area (Å²) in [5.74, 6) is -0.465. The van der Waals surface area contributed by atoms with Crippen LogP contribution in [-0.4, -0.2) is 58.7 Å². The van der Waals surface area contributed by atoms with Crippen molar-refractivity contribution in [3.63, 3.8) is 0 Å². The van der Waals surface area contributed by atoms with Crippen LogP contribution in [0.3, 0.4) is 0 Å². The summed E-state index contributed by atoms with van der Waals surface area (Å²) in [6.07, 6.45) is 6.25. The highest BCUT2D eigenvalue weighted by molar-refractivity contribution is 8.14. The number of aliphatic imine (C=N–C) groups is 1. The molecule has 8 heteroatoms. The second-order valence-electron chi connectivity index (χ2n) is 6.51. The van der Waals surface area contributed by atoms with Gasteiger partial charge in [0.05, 0.1) is 12.6 Å². The van der Waals surface area contributed by atoms with Crippen molar-refractivity contribution in [1.82, 2.24) is 15.5 Å². The molecule has 24 heavy (non-hydrogen) atoms. The van der Waals surface area contributed by atoms with Crippen LogP contribution in [0.1, 0.15) is 44.9 Å². The quantitative estimate of drug-likeness (QED) is 0.780. The average molecular weight is 352 g/mol. The molecular weight excluding hydrogens is 328 g/mol. The minimum Gasteiger partial charge on any atom is -0.353 e. The van der Waals surface area contributed by atoms with E-state index < -0.39 is 0 Å². The molecule has 3 amide bonds. The van der Waals surface area contributed by atoms with Gasteiger partial charge in [-0.15, -0.1) is 0 Å². The van der Waals surface area contributed by atoms with E-state index in [2.05, 4.69) is 15.6 Å². The zero-order valence-electron chi connectivity index (χ0n) is 13.8. The molecule has 2 N–H and O–H groups in total. The molecule has 1 saturated carbocycles. The highest BCUT2D eigenvalue weighted by atomic mass is 32.2. The number of carbonyl (C=O) groups is 3. The van der Waals surface area contributed by atoms with E-state index in [9.17, 15) is 14.4 Å². The van der Waals surface area contributed by atoms with Crippen molar-refractivity contribution in [2.24, 2.45) is 4.99 Å². The predicted molar refractivity (Wildman–Crippen MR) is 92.7 cm³/mol. The van der Waals surface area contributed by atoms with Crippen LogP contribution in [0, 0.1) is 0 Å². The van der Waals surface area contributed by atoms with E-state index in [0.717, 1.165) is 12.8 Å². The van der Waals surface area contributed by atoms with Gasteiger partial charge in [0.2, 0.25) is 17.7 Å². The van der Waals surface area contributed by atoms with E-state index in [1.54, 1.807) is 11.8 Å². The Morgan fingerprint density at radius 1 is 1.25 bits per heavy atom. The largest absolute Gasteiger partial charge is 0.353 e. The maximum Gasteiger partial charge on any atom is 0.239 e. The summed E-state index contributed by atoms with van der Waals surface area (Å²) < 4.78 is 0. The number of piperazine rings is 1. The van der Waals surface area contributed by atoms with Crippen LogP contribution in [-0.2, 0) is 14.4 Å². The molecule has 2 heterocycles. The van der Waals surface area contributed by atoms with Crippen molar-refractivity contribution in [3.8, 4) is 0 Å². The molecule has 2 fully saturated rings. The van der Waals surface area contributed by atoms with E-state index in [4.69, 9.17) is 0 Å². The van der Waals surface area contributed by atoms with E-state index >= 15 is 0 Å².